The van der Waals surface area contributed by atoms with E-state index in [4.69, 9.17) is 5.73 Å². The third kappa shape index (κ3) is 1.68. The Morgan fingerprint density at radius 3 is 2.50 bits per heavy atom. The van der Waals surface area contributed by atoms with E-state index in [2.05, 4.69) is 10.2 Å². The summed E-state index contributed by atoms with van der Waals surface area (Å²) in [6, 6.07) is -0.0301. The van der Waals surface area contributed by atoms with E-state index in [-0.39, 0.29) is 18.4 Å². The van der Waals surface area contributed by atoms with Gasteiger partial charge in [0.25, 0.3) is 0 Å². The summed E-state index contributed by atoms with van der Waals surface area (Å²) in [6.07, 6.45) is 1.64. The maximum absolute atomic E-state index is 5.54. The molecule has 58 valence electrons. The maximum Gasteiger partial charge on any atom is 0.149 e. The zero-order chi connectivity index (χ0) is 6.85. The second-order valence-corrected chi connectivity index (χ2v) is 2.09. The van der Waals surface area contributed by atoms with Crippen molar-refractivity contribution in [3.63, 3.8) is 0 Å². The smallest absolute Gasteiger partial charge is 0.149 e. The van der Waals surface area contributed by atoms with E-state index in [0.29, 0.717) is 0 Å². The van der Waals surface area contributed by atoms with Gasteiger partial charge in [-0.25, -0.2) is 0 Å². The molecule has 1 aromatic rings. The molecule has 0 aliphatic heterocycles. The second kappa shape index (κ2) is 3.53. The van der Waals surface area contributed by atoms with Crippen molar-refractivity contribution >= 4 is 12.4 Å². The Hall–Kier alpha value is -0.610. The predicted octanol–water partition coefficient (Wildman–Crippen LogP) is 0.257. The molecule has 10 heavy (non-hydrogen) atoms. The Labute approximate surface area is 65.8 Å². The second-order valence-electron chi connectivity index (χ2n) is 2.09. The van der Waals surface area contributed by atoms with Crippen LogP contribution in [0.2, 0.25) is 0 Å². The summed E-state index contributed by atoms with van der Waals surface area (Å²) in [5, 5.41) is 7.48. The molecule has 0 saturated heterocycles. The highest BCUT2D eigenvalue weighted by atomic mass is 35.5. The highest BCUT2D eigenvalue weighted by Gasteiger charge is 2.03. The first-order chi connectivity index (χ1) is 4.22. The maximum atomic E-state index is 5.54. The van der Waals surface area contributed by atoms with Gasteiger partial charge in [0.1, 0.15) is 12.2 Å². The standard InChI is InChI=1S/C5H10N4.ClH/c1-4(6)5-8-7-3-9(5)2;/h3-4H,6H2,1-2H3;1H. The van der Waals surface area contributed by atoms with Crippen LogP contribution in [0.5, 0.6) is 0 Å². The lowest BCUT2D eigenvalue weighted by Gasteiger charge is -2.00. The Kier molecular flexibility index (Phi) is 3.32. The van der Waals surface area contributed by atoms with E-state index < -0.39 is 0 Å². The van der Waals surface area contributed by atoms with Crippen LogP contribution in [0.1, 0.15) is 18.8 Å². The first-order valence-electron chi connectivity index (χ1n) is 2.81. The van der Waals surface area contributed by atoms with Crippen LogP contribution in [-0.4, -0.2) is 14.8 Å². The SMILES string of the molecule is CC(N)c1nncn1C.Cl. The fourth-order valence-electron chi connectivity index (χ4n) is 0.704. The molecule has 1 rings (SSSR count). The van der Waals surface area contributed by atoms with E-state index in [1.54, 1.807) is 6.33 Å². The van der Waals surface area contributed by atoms with Crippen molar-refractivity contribution in [2.75, 3.05) is 0 Å². The number of nitrogens with two attached hydrogens (primary N) is 1. The van der Waals surface area contributed by atoms with Crippen LogP contribution in [0.4, 0.5) is 0 Å². The lowest BCUT2D eigenvalue weighted by molar-refractivity contribution is 0.684. The molecule has 5 heteroatoms. The van der Waals surface area contributed by atoms with Crippen LogP contribution in [0, 0.1) is 0 Å². The Morgan fingerprint density at radius 2 is 2.30 bits per heavy atom. The highest BCUT2D eigenvalue weighted by molar-refractivity contribution is 5.85. The summed E-state index contributed by atoms with van der Waals surface area (Å²) in [5.74, 6) is 0.815. The topological polar surface area (TPSA) is 56.7 Å². The van der Waals surface area contributed by atoms with Gasteiger partial charge >= 0.3 is 0 Å². The molecule has 0 aliphatic carbocycles. The average molecular weight is 163 g/mol. The lowest BCUT2D eigenvalue weighted by Crippen LogP contribution is -2.10. The molecule has 0 aliphatic rings. The average Bonchev–Trinajstić information content (AvgIpc) is 2.13. The molecule has 0 radical (unpaired) electrons. The molecule has 0 amide bonds. The van der Waals surface area contributed by atoms with Gasteiger partial charge in [-0.15, -0.1) is 22.6 Å². The summed E-state index contributed by atoms with van der Waals surface area (Å²) in [5.41, 5.74) is 5.54. The van der Waals surface area contributed by atoms with Gasteiger partial charge in [-0.3, -0.25) is 0 Å². The van der Waals surface area contributed by atoms with E-state index in [0.717, 1.165) is 5.82 Å². The molecule has 1 aromatic heterocycles. The first-order valence-corrected chi connectivity index (χ1v) is 2.81. The molecule has 2 N–H and O–H groups in total. The van der Waals surface area contributed by atoms with Crippen LogP contribution in [0.15, 0.2) is 6.33 Å². The number of hydrogen-bond acceptors (Lipinski definition) is 3. The van der Waals surface area contributed by atoms with Crippen molar-refractivity contribution in [1.29, 1.82) is 0 Å². The monoisotopic (exact) mass is 162 g/mol. The molecule has 1 unspecified atom stereocenters. The van der Waals surface area contributed by atoms with E-state index in [1.165, 1.54) is 0 Å². The number of hydrogen-bond donors (Lipinski definition) is 1. The molecule has 0 spiro atoms. The Balaban J connectivity index is 0.000000810. The highest BCUT2D eigenvalue weighted by Crippen LogP contribution is 2.01. The molecule has 1 atom stereocenters. The molecule has 0 fully saturated rings. The van der Waals surface area contributed by atoms with Crippen LogP contribution >= 0.6 is 12.4 Å². The normalized spacial score (nSPS) is 12.3. The number of aromatic nitrogens is 3. The zero-order valence-corrected chi connectivity index (χ0v) is 6.80. The third-order valence-corrected chi connectivity index (χ3v) is 1.15. The Bertz CT molecular complexity index is 195. The van der Waals surface area contributed by atoms with Gasteiger partial charge in [-0.05, 0) is 6.92 Å². The zero-order valence-electron chi connectivity index (χ0n) is 5.98. The van der Waals surface area contributed by atoms with E-state index in [9.17, 15) is 0 Å². The van der Waals surface area contributed by atoms with Crippen molar-refractivity contribution in [3.8, 4) is 0 Å². The van der Waals surface area contributed by atoms with Gasteiger partial charge in [-0.2, -0.15) is 0 Å². The summed E-state index contributed by atoms with van der Waals surface area (Å²) in [6.45, 7) is 1.88. The minimum absolute atomic E-state index is 0. The molecule has 0 bridgehead atoms. The molecule has 1 heterocycles. The van der Waals surface area contributed by atoms with Gasteiger partial charge in [0.2, 0.25) is 0 Å². The molecule has 0 saturated carbocycles. The minimum atomic E-state index is -0.0301. The number of nitrogens with zero attached hydrogens (tertiary/aromatic N) is 3. The van der Waals surface area contributed by atoms with Gasteiger partial charge in [-0.1, -0.05) is 0 Å². The summed E-state index contributed by atoms with van der Waals surface area (Å²) in [7, 11) is 1.87. The first kappa shape index (κ1) is 9.39. The van der Waals surface area contributed by atoms with Crippen LogP contribution in [0.3, 0.4) is 0 Å². The summed E-state index contributed by atoms with van der Waals surface area (Å²) < 4.78 is 1.81. The van der Waals surface area contributed by atoms with Crippen molar-refractivity contribution in [3.05, 3.63) is 12.2 Å². The summed E-state index contributed by atoms with van der Waals surface area (Å²) in [4.78, 5) is 0. The number of aryl methyl sites for hydroxylation is 1. The predicted molar refractivity (Wildman–Crippen MR) is 40.9 cm³/mol. The largest absolute Gasteiger partial charge is 0.322 e. The molecule has 4 nitrogen and oxygen atoms in total. The van der Waals surface area contributed by atoms with Gasteiger partial charge < -0.3 is 10.3 Å². The molecular weight excluding hydrogens is 152 g/mol. The fourth-order valence-corrected chi connectivity index (χ4v) is 0.704. The van der Waals surface area contributed by atoms with E-state index >= 15 is 0 Å². The van der Waals surface area contributed by atoms with Crippen LogP contribution in [-0.2, 0) is 7.05 Å². The van der Waals surface area contributed by atoms with Crippen LogP contribution < -0.4 is 5.73 Å². The number of halogens is 1. The van der Waals surface area contributed by atoms with Crippen molar-refractivity contribution in [2.24, 2.45) is 12.8 Å². The van der Waals surface area contributed by atoms with Gasteiger partial charge in [0, 0.05) is 7.05 Å². The van der Waals surface area contributed by atoms with Crippen molar-refractivity contribution in [1.82, 2.24) is 14.8 Å². The van der Waals surface area contributed by atoms with Gasteiger partial charge in [0.05, 0.1) is 6.04 Å². The Morgan fingerprint density at radius 1 is 1.70 bits per heavy atom. The van der Waals surface area contributed by atoms with Gasteiger partial charge in [0.15, 0.2) is 0 Å². The molecule has 0 aromatic carbocycles. The van der Waals surface area contributed by atoms with Crippen molar-refractivity contribution < 1.29 is 0 Å². The molecular formula is C5H11ClN4. The fraction of sp³-hybridized carbons (Fsp3) is 0.600. The lowest BCUT2D eigenvalue weighted by atomic mass is 10.3. The third-order valence-electron chi connectivity index (χ3n) is 1.15. The quantitative estimate of drug-likeness (QED) is 0.645. The minimum Gasteiger partial charge on any atom is -0.322 e. The van der Waals surface area contributed by atoms with Crippen LogP contribution in [0.25, 0.3) is 0 Å². The van der Waals surface area contributed by atoms with Crippen molar-refractivity contribution in [2.45, 2.75) is 13.0 Å². The summed E-state index contributed by atoms with van der Waals surface area (Å²) >= 11 is 0. The van der Waals surface area contributed by atoms with E-state index in [1.807, 2.05) is 18.5 Å². The number of rotatable bonds is 1.